The molecule has 1 heterocycles. The van der Waals surface area contributed by atoms with Crippen molar-refractivity contribution in [2.75, 3.05) is 19.4 Å². The topological polar surface area (TPSA) is 38.3 Å². The first kappa shape index (κ1) is 13.8. The summed E-state index contributed by atoms with van der Waals surface area (Å²) in [5, 5.41) is 4.17. The minimum absolute atomic E-state index is 0.0707. The van der Waals surface area contributed by atoms with E-state index in [1.165, 1.54) is 32.1 Å². The van der Waals surface area contributed by atoms with Crippen LogP contribution in [-0.4, -0.2) is 36.7 Å². The molecule has 0 spiro atoms. The number of methoxy groups -OCH3 is 1. The first-order chi connectivity index (χ1) is 7.65. The molecule has 1 aliphatic rings. The average Bonchev–Trinajstić information content (AvgIpc) is 2.35. The monoisotopic (exact) mass is 245 g/mol. The Kier molecular flexibility index (Phi) is 6.21. The lowest BCUT2D eigenvalue weighted by Crippen LogP contribution is -2.40. The second-order valence-electron chi connectivity index (χ2n) is 4.50. The van der Waals surface area contributed by atoms with E-state index in [9.17, 15) is 4.79 Å². The summed E-state index contributed by atoms with van der Waals surface area (Å²) in [6.45, 7) is 4.97. The highest BCUT2D eigenvalue weighted by Gasteiger charge is 2.22. The van der Waals surface area contributed by atoms with Crippen LogP contribution in [0.15, 0.2) is 0 Å². The number of ether oxygens (including phenoxy) is 1. The van der Waals surface area contributed by atoms with Gasteiger partial charge in [0.15, 0.2) is 0 Å². The predicted molar refractivity (Wildman–Crippen MR) is 68.7 cm³/mol. The van der Waals surface area contributed by atoms with Gasteiger partial charge in [-0.05, 0) is 25.5 Å². The third kappa shape index (κ3) is 4.34. The van der Waals surface area contributed by atoms with E-state index in [0.717, 1.165) is 11.8 Å². The van der Waals surface area contributed by atoms with Crippen LogP contribution in [-0.2, 0) is 9.53 Å². The van der Waals surface area contributed by atoms with Crippen molar-refractivity contribution < 1.29 is 9.53 Å². The molecule has 1 saturated heterocycles. The summed E-state index contributed by atoms with van der Waals surface area (Å²) >= 11 is 2.05. The van der Waals surface area contributed by atoms with Crippen molar-refractivity contribution >= 4 is 17.7 Å². The highest BCUT2D eigenvalue weighted by atomic mass is 32.2. The first-order valence-electron chi connectivity index (χ1n) is 6.08. The number of nitrogens with one attached hydrogen (secondary N) is 1. The largest absolute Gasteiger partial charge is 0.469 e. The standard InChI is InChI=1S/C12H23NO2S/c1-9(12(14)15-3)10(2)13-8-11-6-4-5-7-16-11/h9-11,13H,4-8H2,1-3H3. The van der Waals surface area contributed by atoms with Crippen LogP contribution in [0.25, 0.3) is 0 Å². The van der Waals surface area contributed by atoms with E-state index in [1.54, 1.807) is 0 Å². The van der Waals surface area contributed by atoms with Crippen LogP contribution in [0.5, 0.6) is 0 Å². The SMILES string of the molecule is COC(=O)C(C)C(C)NCC1CCCCS1. The summed E-state index contributed by atoms with van der Waals surface area (Å²) in [5.74, 6) is 1.09. The molecule has 0 aromatic rings. The smallest absolute Gasteiger partial charge is 0.309 e. The van der Waals surface area contributed by atoms with Gasteiger partial charge in [-0.25, -0.2) is 0 Å². The fourth-order valence-electron chi connectivity index (χ4n) is 1.85. The normalized spacial score (nSPS) is 24.8. The summed E-state index contributed by atoms with van der Waals surface area (Å²) < 4.78 is 4.74. The number of rotatable bonds is 5. The molecule has 3 unspecified atom stereocenters. The molecule has 0 aliphatic carbocycles. The average molecular weight is 245 g/mol. The van der Waals surface area contributed by atoms with Crippen molar-refractivity contribution in [3.8, 4) is 0 Å². The van der Waals surface area contributed by atoms with E-state index >= 15 is 0 Å². The van der Waals surface area contributed by atoms with Crippen molar-refractivity contribution in [2.45, 2.75) is 44.4 Å². The molecule has 0 saturated carbocycles. The van der Waals surface area contributed by atoms with Crippen molar-refractivity contribution in [3.05, 3.63) is 0 Å². The number of hydrogen-bond acceptors (Lipinski definition) is 4. The van der Waals surface area contributed by atoms with Crippen molar-refractivity contribution in [3.63, 3.8) is 0 Å². The molecule has 0 radical (unpaired) electrons. The molecule has 0 amide bonds. The van der Waals surface area contributed by atoms with Gasteiger partial charge in [0.05, 0.1) is 13.0 Å². The number of esters is 1. The number of hydrogen-bond donors (Lipinski definition) is 1. The van der Waals surface area contributed by atoms with Crippen LogP contribution >= 0.6 is 11.8 Å². The fourth-order valence-corrected chi connectivity index (χ4v) is 3.10. The quantitative estimate of drug-likeness (QED) is 0.753. The maximum atomic E-state index is 11.3. The lowest BCUT2D eigenvalue weighted by molar-refractivity contribution is -0.145. The molecule has 1 fully saturated rings. The molecule has 94 valence electrons. The van der Waals surface area contributed by atoms with Crippen molar-refractivity contribution in [1.82, 2.24) is 5.32 Å². The summed E-state index contributed by atoms with van der Waals surface area (Å²) in [6.07, 6.45) is 4.01. The van der Waals surface area contributed by atoms with Crippen LogP contribution in [0.4, 0.5) is 0 Å². The fraction of sp³-hybridized carbons (Fsp3) is 0.917. The molecule has 3 nitrogen and oxygen atoms in total. The predicted octanol–water partition coefficient (Wildman–Crippen LogP) is 2.06. The Morgan fingerprint density at radius 3 is 2.81 bits per heavy atom. The van der Waals surface area contributed by atoms with Crippen molar-refractivity contribution in [2.24, 2.45) is 5.92 Å². The summed E-state index contributed by atoms with van der Waals surface area (Å²) in [6, 6.07) is 0.190. The van der Waals surface area contributed by atoms with E-state index in [-0.39, 0.29) is 17.9 Å². The third-order valence-electron chi connectivity index (χ3n) is 3.26. The Morgan fingerprint density at radius 2 is 2.25 bits per heavy atom. The van der Waals surface area contributed by atoms with Crippen LogP contribution < -0.4 is 5.32 Å². The maximum Gasteiger partial charge on any atom is 0.309 e. The van der Waals surface area contributed by atoms with Crippen LogP contribution in [0.3, 0.4) is 0 Å². The molecular weight excluding hydrogens is 222 g/mol. The zero-order valence-corrected chi connectivity index (χ0v) is 11.3. The Labute approximate surface area is 103 Å². The molecule has 1 aliphatic heterocycles. The molecule has 4 heteroatoms. The van der Waals surface area contributed by atoms with Gasteiger partial charge in [-0.3, -0.25) is 4.79 Å². The maximum absolute atomic E-state index is 11.3. The Hall–Kier alpha value is -0.220. The lowest BCUT2D eigenvalue weighted by atomic mass is 10.0. The Morgan fingerprint density at radius 1 is 1.50 bits per heavy atom. The van der Waals surface area contributed by atoms with E-state index in [4.69, 9.17) is 4.74 Å². The second kappa shape index (κ2) is 7.17. The summed E-state index contributed by atoms with van der Waals surface area (Å²) in [4.78, 5) is 11.3. The number of carbonyl (C=O) groups excluding carboxylic acids is 1. The van der Waals surface area contributed by atoms with Gasteiger partial charge in [0.2, 0.25) is 0 Å². The van der Waals surface area contributed by atoms with E-state index < -0.39 is 0 Å². The van der Waals surface area contributed by atoms with E-state index in [2.05, 4.69) is 24.0 Å². The number of thioether (sulfide) groups is 1. The number of carbonyl (C=O) groups is 1. The van der Waals surface area contributed by atoms with E-state index in [0.29, 0.717) is 0 Å². The first-order valence-corrected chi connectivity index (χ1v) is 7.13. The minimum Gasteiger partial charge on any atom is -0.469 e. The molecule has 1 rings (SSSR count). The summed E-state index contributed by atoms with van der Waals surface area (Å²) in [5.41, 5.74) is 0. The second-order valence-corrected chi connectivity index (χ2v) is 5.91. The van der Waals surface area contributed by atoms with Crippen LogP contribution in [0.2, 0.25) is 0 Å². The molecule has 3 atom stereocenters. The lowest BCUT2D eigenvalue weighted by Gasteiger charge is -2.25. The summed E-state index contributed by atoms with van der Waals surface area (Å²) in [7, 11) is 1.45. The van der Waals surface area contributed by atoms with Gasteiger partial charge >= 0.3 is 5.97 Å². The molecular formula is C12H23NO2S. The van der Waals surface area contributed by atoms with Gasteiger partial charge in [0.1, 0.15) is 0 Å². The van der Waals surface area contributed by atoms with Gasteiger partial charge in [-0.1, -0.05) is 13.3 Å². The molecule has 0 aromatic heterocycles. The molecule has 1 N–H and O–H groups in total. The van der Waals surface area contributed by atoms with Gasteiger partial charge in [-0.15, -0.1) is 0 Å². The van der Waals surface area contributed by atoms with E-state index in [1.807, 2.05) is 6.92 Å². The zero-order chi connectivity index (χ0) is 12.0. The van der Waals surface area contributed by atoms with Crippen molar-refractivity contribution in [1.29, 1.82) is 0 Å². The van der Waals surface area contributed by atoms with Gasteiger partial charge in [0.25, 0.3) is 0 Å². The van der Waals surface area contributed by atoms with Gasteiger partial charge in [0, 0.05) is 17.8 Å². The Bertz CT molecular complexity index is 217. The highest BCUT2D eigenvalue weighted by molar-refractivity contribution is 7.99. The highest BCUT2D eigenvalue weighted by Crippen LogP contribution is 2.24. The van der Waals surface area contributed by atoms with Gasteiger partial charge in [-0.2, -0.15) is 11.8 Å². The Balaban J connectivity index is 2.22. The van der Waals surface area contributed by atoms with Crippen LogP contribution in [0, 0.1) is 5.92 Å². The zero-order valence-electron chi connectivity index (χ0n) is 10.5. The third-order valence-corrected chi connectivity index (χ3v) is 4.66. The minimum atomic E-state index is -0.128. The van der Waals surface area contributed by atoms with Gasteiger partial charge < -0.3 is 10.1 Å². The molecule has 0 aromatic carbocycles. The molecule has 16 heavy (non-hydrogen) atoms. The molecule has 0 bridgehead atoms. The van der Waals surface area contributed by atoms with Crippen LogP contribution in [0.1, 0.15) is 33.1 Å².